The molecular weight excluding hydrogens is 328 g/mol. The molecule has 0 bridgehead atoms. The Kier molecular flexibility index (Phi) is 6.01. The molecule has 2 rings (SSSR count). The normalized spacial score (nSPS) is 12.4. The molecule has 1 atom stereocenters. The van der Waals surface area contributed by atoms with Gasteiger partial charge in [0.2, 0.25) is 5.91 Å². The van der Waals surface area contributed by atoms with Crippen molar-refractivity contribution in [3.63, 3.8) is 0 Å². The fraction of sp³-hybridized carbons (Fsp3) is 0.438. The molecule has 1 aromatic heterocycles. The standard InChI is InChI=1S/C16H22N4OS2/c1-5-23-14(10(2)3)15(21)17-12-7-6-8-13(9-12)20-11(4)18-19-16(20)22/h6-10,14H,5H2,1-4H3,(H,17,21)(H,19,22)/t14-/m1/s1. The van der Waals surface area contributed by atoms with Crippen molar-refractivity contribution in [3.05, 3.63) is 34.9 Å². The Bertz CT molecular complexity index is 736. The van der Waals surface area contributed by atoms with Gasteiger partial charge in [-0.1, -0.05) is 26.8 Å². The quantitative estimate of drug-likeness (QED) is 0.774. The Morgan fingerprint density at radius 2 is 2.22 bits per heavy atom. The topological polar surface area (TPSA) is 62.7 Å². The zero-order chi connectivity index (χ0) is 17.0. The molecule has 0 aliphatic rings. The second kappa shape index (κ2) is 7.79. The molecule has 1 heterocycles. The van der Waals surface area contributed by atoms with E-state index in [-0.39, 0.29) is 17.1 Å². The number of carbonyl (C=O) groups excluding carboxylic acids is 1. The average Bonchev–Trinajstić information content (AvgIpc) is 2.83. The van der Waals surface area contributed by atoms with Crippen LogP contribution in [0.1, 0.15) is 26.6 Å². The highest BCUT2D eigenvalue weighted by atomic mass is 32.2. The fourth-order valence-electron chi connectivity index (χ4n) is 2.37. The van der Waals surface area contributed by atoms with Crippen LogP contribution in [0.15, 0.2) is 24.3 Å². The van der Waals surface area contributed by atoms with E-state index in [1.54, 1.807) is 11.8 Å². The Labute approximate surface area is 145 Å². The number of amides is 1. The second-order valence-electron chi connectivity index (χ2n) is 5.57. The molecule has 7 heteroatoms. The molecule has 0 saturated heterocycles. The number of aromatic nitrogens is 3. The first kappa shape index (κ1) is 17.7. The molecule has 0 unspecified atom stereocenters. The molecule has 5 nitrogen and oxygen atoms in total. The van der Waals surface area contributed by atoms with Gasteiger partial charge in [-0.25, -0.2) is 0 Å². The van der Waals surface area contributed by atoms with Crippen molar-refractivity contribution in [2.45, 2.75) is 32.9 Å². The summed E-state index contributed by atoms with van der Waals surface area (Å²) in [6.07, 6.45) is 0. The third-order valence-corrected chi connectivity index (χ3v) is 5.15. The smallest absolute Gasteiger partial charge is 0.237 e. The van der Waals surface area contributed by atoms with Gasteiger partial charge < -0.3 is 5.32 Å². The number of hydrogen-bond donors (Lipinski definition) is 2. The van der Waals surface area contributed by atoms with E-state index in [9.17, 15) is 4.79 Å². The summed E-state index contributed by atoms with van der Waals surface area (Å²) in [7, 11) is 0. The summed E-state index contributed by atoms with van der Waals surface area (Å²) in [5, 5.41) is 9.84. The van der Waals surface area contributed by atoms with Crippen molar-refractivity contribution in [3.8, 4) is 5.69 Å². The third kappa shape index (κ3) is 4.23. The van der Waals surface area contributed by atoms with Gasteiger partial charge in [0, 0.05) is 5.69 Å². The number of anilines is 1. The van der Waals surface area contributed by atoms with Gasteiger partial charge in [-0.2, -0.15) is 5.10 Å². The van der Waals surface area contributed by atoms with Crippen LogP contribution in [0, 0.1) is 17.6 Å². The minimum atomic E-state index is -0.0542. The van der Waals surface area contributed by atoms with Gasteiger partial charge in [-0.05, 0) is 49.0 Å². The molecule has 0 spiro atoms. The van der Waals surface area contributed by atoms with Gasteiger partial charge in [0.15, 0.2) is 4.77 Å². The maximum atomic E-state index is 12.5. The Morgan fingerprint density at radius 3 is 2.78 bits per heavy atom. The molecule has 0 fully saturated rings. The first-order valence-corrected chi connectivity index (χ1v) is 9.06. The molecule has 0 saturated carbocycles. The van der Waals surface area contributed by atoms with Crippen LogP contribution >= 0.6 is 24.0 Å². The zero-order valence-electron chi connectivity index (χ0n) is 13.8. The number of benzene rings is 1. The summed E-state index contributed by atoms with van der Waals surface area (Å²) >= 11 is 6.92. The maximum Gasteiger partial charge on any atom is 0.237 e. The minimum absolute atomic E-state index is 0.0384. The van der Waals surface area contributed by atoms with Crippen LogP contribution in [0.3, 0.4) is 0 Å². The SMILES string of the molecule is CCS[C@@H](C(=O)Nc1cccc(-n2c(C)n[nH]c2=S)c1)C(C)C. The highest BCUT2D eigenvalue weighted by Crippen LogP contribution is 2.22. The van der Waals surface area contributed by atoms with Gasteiger partial charge in [0.1, 0.15) is 5.82 Å². The minimum Gasteiger partial charge on any atom is -0.325 e. The van der Waals surface area contributed by atoms with E-state index in [4.69, 9.17) is 12.2 Å². The molecule has 0 aliphatic heterocycles. The van der Waals surface area contributed by atoms with E-state index < -0.39 is 0 Å². The third-order valence-electron chi connectivity index (χ3n) is 3.42. The molecule has 124 valence electrons. The number of rotatable bonds is 6. The highest BCUT2D eigenvalue weighted by molar-refractivity contribution is 8.00. The summed E-state index contributed by atoms with van der Waals surface area (Å²) in [5.41, 5.74) is 1.64. The molecule has 1 aromatic carbocycles. The first-order valence-electron chi connectivity index (χ1n) is 7.61. The number of hydrogen-bond acceptors (Lipinski definition) is 4. The van der Waals surface area contributed by atoms with Crippen LogP contribution in [0.2, 0.25) is 0 Å². The Hall–Kier alpha value is -1.60. The number of thioether (sulfide) groups is 1. The molecule has 2 aromatic rings. The van der Waals surface area contributed by atoms with Gasteiger partial charge in [-0.15, -0.1) is 11.8 Å². The van der Waals surface area contributed by atoms with Crippen molar-refractivity contribution in [1.29, 1.82) is 0 Å². The molecule has 0 radical (unpaired) electrons. The van der Waals surface area contributed by atoms with Crippen molar-refractivity contribution >= 4 is 35.6 Å². The van der Waals surface area contributed by atoms with E-state index in [1.807, 2.05) is 35.8 Å². The summed E-state index contributed by atoms with van der Waals surface area (Å²) < 4.78 is 2.37. The molecule has 2 N–H and O–H groups in total. The van der Waals surface area contributed by atoms with Gasteiger partial charge in [-0.3, -0.25) is 14.5 Å². The largest absolute Gasteiger partial charge is 0.325 e. The van der Waals surface area contributed by atoms with E-state index >= 15 is 0 Å². The lowest BCUT2D eigenvalue weighted by Crippen LogP contribution is -2.29. The van der Waals surface area contributed by atoms with Crippen LogP contribution in [-0.4, -0.2) is 31.7 Å². The molecule has 1 amide bonds. The van der Waals surface area contributed by atoms with Crippen LogP contribution in [0.4, 0.5) is 5.69 Å². The lowest BCUT2D eigenvalue weighted by molar-refractivity contribution is -0.116. The summed E-state index contributed by atoms with van der Waals surface area (Å²) in [5.74, 6) is 2.02. The number of aromatic amines is 1. The fourth-order valence-corrected chi connectivity index (χ4v) is 3.60. The van der Waals surface area contributed by atoms with Crippen molar-refractivity contribution in [2.75, 3.05) is 11.1 Å². The van der Waals surface area contributed by atoms with Crippen LogP contribution in [0.25, 0.3) is 5.69 Å². The highest BCUT2D eigenvalue weighted by Gasteiger charge is 2.22. The first-order chi connectivity index (χ1) is 10.9. The van der Waals surface area contributed by atoms with Crippen LogP contribution in [0.5, 0.6) is 0 Å². The summed E-state index contributed by atoms with van der Waals surface area (Å²) in [6, 6.07) is 7.63. The number of nitrogens with one attached hydrogen (secondary N) is 2. The number of nitrogens with zero attached hydrogens (tertiary/aromatic N) is 2. The van der Waals surface area contributed by atoms with Crippen LogP contribution < -0.4 is 5.32 Å². The van der Waals surface area contributed by atoms with Gasteiger partial charge >= 0.3 is 0 Å². The van der Waals surface area contributed by atoms with Gasteiger partial charge in [0.05, 0.1) is 10.9 Å². The number of carbonyl (C=O) groups is 1. The monoisotopic (exact) mass is 350 g/mol. The summed E-state index contributed by atoms with van der Waals surface area (Å²) in [6.45, 7) is 8.08. The molecule has 0 aliphatic carbocycles. The number of H-pyrrole nitrogens is 1. The Balaban J connectivity index is 2.24. The Morgan fingerprint density at radius 1 is 1.48 bits per heavy atom. The number of aryl methyl sites for hydroxylation is 1. The van der Waals surface area contributed by atoms with E-state index in [0.29, 0.717) is 4.77 Å². The molecule has 23 heavy (non-hydrogen) atoms. The maximum absolute atomic E-state index is 12.5. The average molecular weight is 351 g/mol. The van der Waals surface area contributed by atoms with E-state index in [2.05, 4.69) is 36.3 Å². The van der Waals surface area contributed by atoms with Crippen molar-refractivity contribution in [1.82, 2.24) is 14.8 Å². The second-order valence-corrected chi connectivity index (χ2v) is 7.38. The van der Waals surface area contributed by atoms with Gasteiger partial charge in [0.25, 0.3) is 0 Å². The van der Waals surface area contributed by atoms with Crippen molar-refractivity contribution in [2.24, 2.45) is 5.92 Å². The predicted molar refractivity (Wildman–Crippen MR) is 98.9 cm³/mol. The van der Waals surface area contributed by atoms with E-state index in [1.165, 1.54) is 0 Å². The molecular formula is C16H22N4OS2. The lowest BCUT2D eigenvalue weighted by Gasteiger charge is -2.19. The predicted octanol–water partition coefficient (Wildman–Crippen LogP) is 3.95. The van der Waals surface area contributed by atoms with Crippen molar-refractivity contribution < 1.29 is 4.79 Å². The summed E-state index contributed by atoms with van der Waals surface area (Å²) in [4.78, 5) is 12.5. The zero-order valence-corrected chi connectivity index (χ0v) is 15.4. The van der Waals surface area contributed by atoms with Crippen LogP contribution in [-0.2, 0) is 4.79 Å². The van der Waals surface area contributed by atoms with E-state index in [0.717, 1.165) is 23.0 Å². The lowest BCUT2D eigenvalue weighted by atomic mass is 10.1.